The summed E-state index contributed by atoms with van der Waals surface area (Å²) in [5, 5.41) is 0.499. The van der Waals surface area contributed by atoms with Crippen molar-refractivity contribution in [2.24, 2.45) is 22.3 Å². The van der Waals surface area contributed by atoms with Gasteiger partial charge in [-0.05, 0) is 75.8 Å². The van der Waals surface area contributed by atoms with Crippen molar-refractivity contribution in [1.82, 2.24) is 0 Å². The summed E-state index contributed by atoms with van der Waals surface area (Å²) in [6, 6.07) is 0. The van der Waals surface area contributed by atoms with Gasteiger partial charge in [-0.3, -0.25) is 0 Å². The van der Waals surface area contributed by atoms with E-state index < -0.39 is 22.4 Å². The molecule has 10 heteroatoms. The van der Waals surface area contributed by atoms with Gasteiger partial charge in [0.15, 0.2) is 22.4 Å². The molecule has 0 aromatic carbocycles. The Morgan fingerprint density at radius 1 is 0.644 bits per heavy atom. The second-order valence-electron chi connectivity index (χ2n) is 16.9. The maximum absolute atomic E-state index is 6.39. The molecule has 0 radical (unpaired) electrons. The zero-order valence-electron chi connectivity index (χ0n) is 32.4. The van der Waals surface area contributed by atoms with Crippen molar-refractivity contribution in [1.29, 1.82) is 0 Å². The van der Waals surface area contributed by atoms with Crippen LogP contribution >= 0.6 is 0 Å². The highest BCUT2D eigenvalue weighted by Crippen LogP contribution is 2.40. The lowest BCUT2D eigenvalue weighted by atomic mass is 9.81. The first kappa shape index (κ1) is 45.1. The molecule has 0 aromatic rings. The average molecular weight is 679 g/mol. The highest BCUT2D eigenvalue weighted by atomic mass is 28.4. The van der Waals surface area contributed by atoms with Gasteiger partial charge in [-0.15, -0.1) is 0 Å². The highest BCUT2D eigenvalue weighted by molar-refractivity contribution is 6.74. The molecule has 1 heterocycles. The molecule has 0 bridgehead atoms. The van der Waals surface area contributed by atoms with Crippen LogP contribution in [0.1, 0.15) is 108 Å². The first-order valence-electron chi connectivity index (χ1n) is 17.7. The summed E-state index contributed by atoms with van der Waals surface area (Å²) in [7, 11) is -3.38. The monoisotopic (exact) mass is 679 g/mol. The minimum atomic E-state index is -1.73. The zero-order valence-corrected chi connectivity index (χ0v) is 34.4. The summed E-state index contributed by atoms with van der Waals surface area (Å²) in [6.07, 6.45) is 6.43. The minimum Gasteiger partial charge on any atom is -0.417 e. The van der Waals surface area contributed by atoms with E-state index in [0.29, 0.717) is 39.5 Å². The minimum absolute atomic E-state index is 0.0124. The van der Waals surface area contributed by atoms with E-state index >= 15 is 0 Å². The van der Waals surface area contributed by atoms with E-state index in [1.165, 1.54) is 0 Å². The quantitative estimate of drug-likeness (QED) is 0.0983. The van der Waals surface area contributed by atoms with Crippen molar-refractivity contribution in [3.63, 3.8) is 0 Å². The molecular formula is C35H78N2O6Si2. The smallest absolute Gasteiger partial charge is 0.191 e. The van der Waals surface area contributed by atoms with Crippen LogP contribution in [0.3, 0.4) is 0 Å². The van der Waals surface area contributed by atoms with Crippen LogP contribution in [0.4, 0.5) is 0 Å². The van der Waals surface area contributed by atoms with E-state index in [9.17, 15) is 0 Å². The molecule has 4 N–H and O–H groups in total. The molecule has 8 nitrogen and oxygen atoms in total. The molecule has 0 saturated carbocycles. The third-order valence-electron chi connectivity index (χ3n) is 10.2. The van der Waals surface area contributed by atoms with Gasteiger partial charge in [0.05, 0.1) is 39.6 Å². The molecule has 0 unspecified atom stereocenters. The molecule has 0 spiro atoms. The van der Waals surface area contributed by atoms with Crippen molar-refractivity contribution in [2.45, 2.75) is 150 Å². The fourth-order valence-electron chi connectivity index (χ4n) is 4.89. The lowest BCUT2D eigenvalue weighted by Gasteiger charge is -2.44. The SMILES string of the molecule is CCCC(CCO[Si](C)(C)C(C)(C)C)(COCCN)COCCN.CCCC1(CCO[Si](C)(C)C(C)(C)C)COC(C)(C)OC1. The molecule has 1 saturated heterocycles. The topological polar surface area (TPSA) is 107 Å². The standard InChI is InChI=1S/C18H42N2O3Si.C17H36O3Si/c1-7-8-18(15-21-13-10-19,16-22-14-11-20)9-12-23-24(5,6)17(2,3)4;1-9-10-17(13-18-16(5,6)19-14-17)11-12-20-21(7,8)15(2,3)4/h7-16,19-20H2,1-6H3;9-14H2,1-8H3. The van der Waals surface area contributed by atoms with E-state index in [2.05, 4.69) is 81.6 Å². The summed E-state index contributed by atoms with van der Waals surface area (Å²) < 4.78 is 36.2. The fraction of sp³-hybridized carbons (Fsp3) is 1.00. The molecule has 45 heavy (non-hydrogen) atoms. The van der Waals surface area contributed by atoms with Gasteiger partial charge >= 0.3 is 0 Å². The summed E-state index contributed by atoms with van der Waals surface area (Å²) in [4.78, 5) is 0. The molecular weight excluding hydrogens is 601 g/mol. The zero-order chi connectivity index (χ0) is 35.1. The van der Waals surface area contributed by atoms with Crippen molar-refractivity contribution in [3.8, 4) is 0 Å². The summed E-state index contributed by atoms with van der Waals surface area (Å²) >= 11 is 0. The molecule has 0 aromatic heterocycles. The van der Waals surface area contributed by atoms with E-state index in [-0.39, 0.29) is 20.9 Å². The van der Waals surface area contributed by atoms with Gasteiger partial charge in [0.1, 0.15) is 0 Å². The van der Waals surface area contributed by atoms with Crippen LogP contribution in [0.15, 0.2) is 0 Å². The number of nitrogens with two attached hydrogens (primary N) is 2. The summed E-state index contributed by atoms with van der Waals surface area (Å²) in [5.41, 5.74) is 11.3. The molecule has 1 rings (SSSR count). The maximum Gasteiger partial charge on any atom is 0.191 e. The summed E-state index contributed by atoms with van der Waals surface area (Å²) in [5.74, 6) is -0.433. The third kappa shape index (κ3) is 16.9. The van der Waals surface area contributed by atoms with Gasteiger partial charge in [-0.25, -0.2) is 0 Å². The van der Waals surface area contributed by atoms with Crippen molar-refractivity contribution in [2.75, 3.05) is 65.9 Å². The van der Waals surface area contributed by atoms with Gasteiger partial charge in [-0.1, -0.05) is 68.2 Å². The van der Waals surface area contributed by atoms with Gasteiger partial charge in [0.2, 0.25) is 0 Å². The molecule has 0 aliphatic carbocycles. The van der Waals surface area contributed by atoms with E-state index in [0.717, 1.165) is 65.0 Å². The second kappa shape index (κ2) is 19.9. The molecule has 0 amide bonds. The van der Waals surface area contributed by atoms with Crippen LogP contribution in [0.2, 0.25) is 36.3 Å². The average Bonchev–Trinajstić information content (AvgIpc) is 2.90. The number of hydrogen-bond donors (Lipinski definition) is 2. The molecule has 1 aliphatic heterocycles. The van der Waals surface area contributed by atoms with Crippen LogP contribution < -0.4 is 11.5 Å². The Balaban J connectivity index is 0.000000867. The van der Waals surface area contributed by atoms with Gasteiger partial charge in [-0.2, -0.15) is 0 Å². The predicted octanol–water partition coefficient (Wildman–Crippen LogP) is 8.10. The number of hydrogen-bond acceptors (Lipinski definition) is 8. The van der Waals surface area contributed by atoms with Gasteiger partial charge in [0, 0.05) is 37.1 Å². The molecule has 272 valence electrons. The third-order valence-corrected chi connectivity index (χ3v) is 19.2. The predicted molar refractivity (Wildman–Crippen MR) is 196 cm³/mol. The number of ether oxygens (including phenoxy) is 4. The molecule has 0 atom stereocenters. The van der Waals surface area contributed by atoms with E-state index in [1.54, 1.807) is 0 Å². The van der Waals surface area contributed by atoms with E-state index in [4.69, 9.17) is 39.3 Å². The van der Waals surface area contributed by atoms with Crippen LogP contribution in [-0.2, 0) is 27.8 Å². The molecule has 1 fully saturated rings. The van der Waals surface area contributed by atoms with Crippen molar-refractivity contribution >= 4 is 16.6 Å². The largest absolute Gasteiger partial charge is 0.417 e. The van der Waals surface area contributed by atoms with Crippen molar-refractivity contribution in [3.05, 3.63) is 0 Å². The lowest BCUT2D eigenvalue weighted by Crippen LogP contribution is -2.48. The Morgan fingerprint density at radius 3 is 1.47 bits per heavy atom. The fourth-order valence-corrected chi connectivity index (χ4v) is 6.98. The van der Waals surface area contributed by atoms with Crippen LogP contribution in [-0.4, -0.2) is 88.4 Å². The Hall–Kier alpha value is 0.114. The lowest BCUT2D eigenvalue weighted by molar-refractivity contribution is -0.288. The van der Waals surface area contributed by atoms with Crippen LogP contribution in [0.25, 0.3) is 0 Å². The first-order valence-corrected chi connectivity index (χ1v) is 23.5. The van der Waals surface area contributed by atoms with Crippen LogP contribution in [0.5, 0.6) is 0 Å². The van der Waals surface area contributed by atoms with Gasteiger partial charge in [0.25, 0.3) is 0 Å². The Labute approximate surface area is 282 Å². The number of rotatable bonds is 20. The Kier molecular flexibility index (Phi) is 20.0. The normalized spacial score (nSPS) is 17.6. The Morgan fingerprint density at radius 2 is 1.09 bits per heavy atom. The second-order valence-corrected chi connectivity index (χ2v) is 26.5. The maximum atomic E-state index is 6.39. The van der Waals surface area contributed by atoms with Gasteiger partial charge < -0.3 is 39.3 Å². The van der Waals surface area contributed by atoms with E-state index in [1.807, 2.05) is 13.8 Å². The summed E-state index contributed by atoms with van der Waals surface area (Å²) in [6.45, 7) is 38.1. The highest BCUT2D eigenvalue weighted by Gasteiger charge is 2.42. The molecule has 1 aliphatic rings. The first-order chi connectivity index (χ1) is 20.6. The van der Waals surface area contributed by atoms with Crippen molar-refractivity contribution < 1.29 is 27.8 Å². The Bertz CT molecular complexity index is 761. The van der Waals surface area contributed by atoms with Crippen LogP contribution in [0, 0.1) is 10.8 Å².